The van der Waals surface area contributed by atoms with Crippen LogP contribution in [0.3, 0.4) is 0 Å². The van der Waals surface area contributed by atoms with Crippen LogP contribution < -0.4 is 14.8 Å². The van der Waals surface area contributed by atoms with Crippen molar-refractivity contribution in [2.45, 2.75) is 19.0 Å². The number of thioether (sulfide) groups is 1. The van der Waals surface area contributed by atoms with Crippen LogP contribution in [0.2, 0.25) is 0 Å². The van der Waals surface area contributed by atoms with Crippen molar-refractivity contribution in [2.75, 3.05) is 18.2 Å². The van der Waals surface area contributed by atoms with Crippen LogP contribution in [0.5, 0.6) is 11.5 Å². The van der Waals surface area contributed by atoms with Gasteiger partial charge in [0.25, 0.3) is 0 Å². The molecular formula is C21H21N3O3S. The topological polar surface area (TPSA) is 73.3 Å². The van der Waals surface area contributed by atoms with Crippen LogP contribution in [0.1, 0.15) is 11.3 Å². The minimum Gasteiger partial charge on any atom is -0.482 e. The highest BCUT2D eigenvalue weighted by Crippen LogP contribution is 2.21. The van der Waals surface area contributed by atoms with Crippen molar-refractivity contribution in [3.8, 4) is 11.5 Å². The summed E-state index contributed by atoms with van der Waals surface area (Å²) in [6.45, 7) is 3.76. The van der Waals surface area contributed by atoms with Crippen LogP contribution >= 0.6 is 11.8 Å². The number of hydrogen-bond acceptors (Lipinski definition) is 7. The number of hydrogen-bond donors (Lipinski definition) is 1. The maximum absolute atomic E-state index is 12.0. The zero-order valence-electron chi connectivity index (χ0n) is 15.9. The van der Waals surface area contributed by atoms with Gasteiger partial charge in [0, 0.05) is 17.4 Å². The van der Waals surface area contributed by atoms with Crippen molar-refractivity contribution in [1.29, 1.82) is 0 Å². The molecule has 7 heteroatoms. The Morgan fingerprint density at radius 1 is 1.00 bits per heavy atom. The minimum atomic E-state index is -0.461. The van der Waals surface area contributed by atoms with Crippen LogP contribution in [-0.4, -0.2) is 28.8 Å². The summed E-state index contributed by atoms with van der Waals surface area (Å²) in [4.78, 5) is 20.7. The quantitative estimate of drug-likeness (QED) is 0.272. The van der Waals surface area contributed by atoms with E-state index in [9.17, 15) is 4.79 Å². The van der Waals surface area contributed by atoms with E-state index in [-0.39, 0.29) is 6.61 Å². The molecule has 0 fully saturated rings. The summed E-state index contributed by atoms with van der Waals surface area (Å²) in [5, 5.41) is 3.93. The second kappa shape index (κ2) is 9.23. The molecule has 6 nitrogen and oxygen atoms in total. The van der Waals surface area contributed by atoms with Crippen molar-refractivity contribution in [3.05, 3.63) is 65.9 Å². The fourth-order valence-corrected chi connectivity index (χ4v) is 2.81. The van der Waals surface area contributed by atoms with Crippen molar-refractivity contribution >= 4 is 29.2 Å². The van der Waals surface area contributed by atoms with E-state index in [4.69, 9.17) is 9.47 Å². The Hall–Kier alpha value is -3.06. The lowest BCUT2D eigenvalue weighted by atomic mass is 10.2. The third-order valence-corrected chi connectivity index (χ3v) is 4.30. The number of rotatable bonds is 7. The third kappa shape index (κ3) is 5.72. The van der Waals surface area contributed by atoms with Crippen molar-refractivity contribution < 1.29 is 14.3 Å². The molecule has 0 bridgehead atoms. The Morgan fingerprint density at radius 3 is 2.36 bits per heavy atom. The average molecular weight is 395 g/mol. The molecule has 0 unspecified atom stereocenters. The number of nitrogens with one attached hydrogen (secondary N) is 1. The van der Waals surface area contributed by atoms with E-state index >= 15 is 0 Å². The summed E-state index contributed by atoms with van der Waals surface area (Å²) >= 11 is 1.49. The van der Waals surface area contributed by atoms with Crippen LogP contribution in [0, 0.1) is 13.8 Å². The molecule has 0 aliphatic rings. The highest BCUT2D eigenvalue weighted by Gasteiger charge is 2.07. The molecule has 0 aliphatic carbocycles. The molecule has 28 heavy (non-hydrogen) atoms. The first kappa shape index (κ1) is 19.7. The number of carbonyl (C=O) groups is 1. The Kier molecular flexibility index (Phi) is 6.49. The van der Waals surface area contributed by atoms with Gasteiger partial charge in [-0.25, -0.2) is 14.8 Å². The molecule has 0 aliphatic heterocycles. The molecular weight excluding hydrogens is 374 g/mol. The zero-order valence-corrected chi connectivity index (χ0v) is 16.7. The predicted molar refractivity (Wildman–Crippen MR) is 111 cm³/mol. The fourth-order valence-electron chi connectivity index (χ4n) is 2.39. The first-order chi connectivity index (χ1) is 13.5. The molecule has 2 aromatic carbocycles. The first-order valence-electron chi connectivity index (χ1n) is 8.69. The summed E-state index contributed by atoms with van der Waals surface area (Å²) in [6, 6.07) is 16.4. The number of benzene rings is 2. The molecule has 0 radical (unpaired) electrons. The molecule has 0 saturated carbocycles. The smallest absolute Gasteiger partial charge is 0.349 e. The van der Waals surface area contributed by atoms with Crippen LogP contribution in [-0.2, 0) is 4.79 Å². The van der Waals surface area contributed by atoms with E-state index in [1.165, 1.54) is 11.8 Å². The van der Waals surface area contributed by atoms with Gasteiger partial charge in [-0.2, -0.15) is 0 Å². The molecule has 0 atom stereocenters. The molecule has 0 spiro atoms. The summed E-state index contributed by atoms with van der Waals surface area (Å²) in [6.07, 6.45) is 1.93. The van der Waals surface area contributed by atoms with E-state index in [0.29, 0.717) is 22.5 Å². The largest absolute Gasteiger partial charge is 0.482 e. The van der Waals surface area contributed by atoms with Gasteiger partial charge in [-0.05, 0) is 56.5 Å². The maximum Gasteiger partial charge on any atom is 0.349 e. The minimum absolute atomic E-state index is 0.152. The van der Waals surface area contributed by atoms with E-state index in [0.717, 1.165) is 16.9 Å². The van der Waals surface area contributed by atoms with Gasteiger partial charge in [-0.15, -0.1) is 0 Å². The number of carbonyl (C=O) groups excluding carboxylic acids is 1. The molecule has 1 aromatic heterocycles. The number of esters is 1. The highest BCUT2D eigenvalue weighted by molar-refractivity contribution is 7.98. The van der Waals surface area contributed by atoms with E-state index in [1.54, 1.807) is 12.1 Å². The monoisotopic (exact) mass is 395 g/mol. The first-order valence-corrected chi connectivity index (χ1v) is 9.91. The van der Waals surface area contributed by atoms with Gasteiger partial charge in [0.1, 0.15) is 17.3 Å². The molecule has 3 rings (SSSR count). The van der Waals surface area contributed by atoms with Gasteiger partial charge in [0.05, 0.1) is 0 Å². The lowest BCUT2D eigenvalue weighted by Gasteiger charge is -2.09. The zero-order chi connectivity index (χ0) is 19.9. The van der Waals surface area contributed by atoms with Gasteiger partial charge in [-0.3, -0.25) is 0 Å². The van der Waals surface area contributed by atoms with E-state index in [2.05, 4.69) is 15.3 Å². The maximum atomic E-state index is 12.0. The van der Waals surface area contributed by atoms with Gasteiger partial charge in [0.15, 0.2) is 11.8 Å². The summed E-state index contributed by atoms with van der Waals surface area (Å²) in [5.74, 6) is 1.34. The number of anilines is 2. The summed E-state index contributed by atoms with van der Waals surface area (Å²) in [5.41, 5.74) is 2.85. The Morgan fingerprint density at radius 2 is 1.68 bits per heavy atom. The normalized spacial score (nSPS) is 10.4. The van der Waals surface area contributed by atoms with Crippen LogP contribution in [0.4, 0.5) is 11.5 Å². The Balaban J connectivity index is 1.54. The predicted octanol–water partition coefficient (Wildman–Crippen LogP) is 4.54. The molecule has 3 aromatic rings. The summed E-state index contributed by atoms with van der Waals surface area (Å²) < 4.78 is 10.7. The summed E-state index contributed by atoms with van der Waals surface area (Å²) in [7, 11) is 0. The van der Waals surface area contributed by atoms with Crippen LogP contribution in [0.25, 0.3) is 0 Å². The van der Waals surface area contributed by atoms with E-state index in [1.807, 2.05) is 62.6 Å². The fraction of sp³-hybridized carbons (Fsp3) is 0.190. The lowest BCUT2D eigenvalue weighted by Crippen LogP contribution is -2.17. The molecule has 1 heterocycles. The van der Waals surface area contributed by atoms with E-state index < -0.39 is 5.97 Å². The van der Waals surface area contributed by atoms with Crippen molar-refractivity contribution in [1.82, 2.24) is 9.97 Å². The molecule has 0 saturated heterocycles. The van der Waals surface area contributed by atoms with Gasteiger partial charge in [0.2, 0.25) is 0 Å². The standard InChI is InChI=1S/C21H21N3O3S/c1-14-4-8-17(9-5-14)26-13-20(25)27-18-10-6-16(7-11-18)23-19-12-15(2)22-21(24-19)28-3/h4-12H,13H2,1-3H3,(H,22,23,24). The SMILES string of the molecule is CSc1nc(C)cc(Nc2ccc(OC(=O)COc3ccc(C)cc3)cc2)n1. The highest BCUT2D eigenvalue weighted by atomic mass is 32.2. The Bertz CT molecular complexity index is 944. The number of nitrogens with zero attached hydrogens (tertiary/aromatic N) is 2. The lowest BCUT2D eigenvalue weighted by molar-refractivity contribution is -0.136. The molecule has 144 valence electrons. The van der Waals surface area contributed by atoms with Crippen molar-refractivity contribution in [3.63, 3.8) is 0 Å². The second-order valence-electron chi connectivity index (χ2n) is 6.11. The second-order valence-corrected chi connectivity index (χ2v) is 6.88. The van der Waals surface area contributed by atoms with Crippen molar-refractivity contribution in [2.24, 2.45) is 0 Å². The van der Waals surface area contributed by atoms with Gasteiger partial charge >= 0.3 is 5.97 Å². The third-order valence-electron chi connectivity index (χ3n) is 3.75. The number of aromatic nitrogens is 2. The van der Waals surface area contributed by atoms with Crippen LogP contribution in [0.15, 0.2) is 59.8 Å². The van der Waals surface area contributed by atoms with Gasteiger partial charge in [-0.1, -0.05) is 29.5 Å². The average Bonchev–Trinajstić information content (AvgIpc) is 2.68. The molecule has 1 N–H and O–H groups in total. The number of aryl methyl sites for hydroxylation is 2. The van der Waals surface area contributed by atoms with Gasteiger partial charge < -0.3 is 14.8 Å². The molecule has 0 amide bonds. The Labute approximate surface area is 168 Å². The number of ether oxygens (including phenoxy) is 2.